The lowest BCUT2D eigenvalue weighted by molar-refractivity contribution is -0.157. The Morgan fingerprint density at radius 2 is 1.88 bits per heavy atom. The molecule has 4 rings (SSSR count). The number of carbonyl (C=O) groups excluding carboxylic acids is 1. The predicted octanol–water partition coefficient (Wildman–Crippen LogP) is 3.32. The van der Waals surface area contributed by atoms with Gasteiger partial charge in [-0.05, 0) is 56.8 Å². The quantitative estimate of drug-likeness (QED) is 0.615. The van der Waals surface area contributed by atoms with Crippen LogP contribution in [0.2, 0.25) is 0 Å². The van der Waals surface area contributed by atoms with E-state index in [4.69, 9.17) is 9.47 Å². The van der Waals surface area contributed by atoms with Crippen LogP contribution in [0, 0.1) is 19.7 Å². The normalized spacial score (nSPS) is 22.5. The van der Waals surface area contributed by atoms with Crippen molar-refractivity contribution in [3.63, 3.8) is 0 Å². The van der Waals surface area contributed by atoms with Crippen LogP contribution < -0.4 is 4.74 Å². The van der Waals surface area contributed by atoms with Crippen molar-refractivity contribution < 1.29 is 18.7 Å². The topological polar surface area (TPSA) is 45.3 Å². The summed E-state index contributed by atoms with van der Waals surface area (Å²) < 4.78 is 25.7. The molecular formula is C25H34FN3O3S. The molecular weight excluding hydrogens is 441 g/mol. The van der Waals surface area contributed by atoms with Gasteiger partial charge >= 0.3 is 0 Å². The third-order valence-electron chi connectivity index (χ3n) is 6.51. The number of ether oxygens (including phenoxy) is 2. The van der Waals surface area contributed by atoms with E-state index in [1.807, 2.05) is 16.2 Å². The van der Waals surface area contributed by atoms with Gasteiger partial charge in [0.25, 0.3) is 0 Å². The van der Waals surface area contributed by atoms with Gasteiger partial charge in [-0.2, -0.15) is 0 Å². The number of halogens is 1. The van der Waals surface area contributed by atoms with E-state index in [-0.39, 0.29) is 24.8 Å². The Labute approximate surface area is 199 Å². The van der Waals surface area contributed by atoms with Crippen LogP contribution in [0.15, 0.2) is 30.3 Å². The smallest absolute Gasteiger partial charge is 0.225 e. The number of nitrogens with zero attached hydrogens (tertiary/aromatic N) is 3. The minimum atomic E-state index is -0.744. The molecule has 8 heteroatoms. The molecule has 3 heterocycles. The zero-order chi connectivity index (χ0) is 23.4. The van der Waals surface area contributed by atoms with Crippen molar-refractivity contribution in [1.82, 2.24) is 14.7 Å². The van der Waals surface area contributed by atoms with Crippen LogP contribution in [0.3, 0.4) is 0 Å². The number of morpholine rings is 1. The van der Waals surface area contributed by atoms with Gasteiger partial charge in [0.2, 0.25) is 5.91 Å². The Hall–Kier alpha value is -2.00. The van der Waals surface area contributed by atoms with Crippen molar-refractivity contribution >= 4 is 17.2 Å². The van der Waals surface area contributed by atoms with E-state index >= 15 is 0 Å². The molecule has 0 spiro atoms. The second kappa shape index (κ2) is 10.5. The Balaban J connectivity index is 1.48. The molecule has 2 aliphatic heterocycles. The zero-order valence-corrected chi connectivity index (χ0v) is 20.6. The van der Waals surface area contributed by atoms with E-state index in [1.54, 1.807) is 12.1 Å². The highest BCUT2D eigenvalue weighted by atomic mass is 32.1. The van der Waals surface area contributed by atoms with E-state index in [2.05, 4.69) is 36.8 Å². The van der Waals surface area contributed by atoms with Crippen LogP contribution in [-0.2, 0) is 16.1 Å². The molecule has 2 saturated heterocycles. The van der Waals surface area contributed by atoms with Gasteiger partial charge in [0.1, 0.15) is 23.8 Å². The van der Waals surface area contributed by atoms with Crippen molar-refractivity contribution in [2.24, 2.45) is 0 Å². The average Bonchev–Trinajstić information content (AvgIpc) is 3.10. The Kier molecular flexibility index (Phi) is 7.69. The maximum atomic E-state index is 13.3. The number of hydrogen-bond donors (Lipinski definition) is 0. The molecule has 2 aliphatic rings. The lowest BCUT2D eigenvalue weighted by atomic mass is 9.96. The van der Waals surface area contributed by atoms with Gasteiger partial charge in [-0.25, -0.2) is 4.39 Å². The zero-order valence-electron chi connectivity index (χ0n) is 19.8. The lowest BCUT2D eigenvalue weighted by Gasteiger charge is -2.43. The van der Waals surface area contributed by atoms with Crippen LogP contribution in [0.1, 0.15) is 21.7 Å². The highest BCUT2D eigenvalue weighted by Crippen LogP contribution is 2.28. The second-order valence-electron chi connectivity index (χ2n) is 9.28. The summed E-state index contributed by atoms with van der Waals surface area (Å²) in [5.74, 6) is 0.381. The first-order valence-electron chi connectivity index (χ1n) is 11.6. The van der Waals surface area contributed by atoms with Gasteiger partial charge in [0.05, 0.1) is 13.0 Å². The SMILES string of the molecule is Cc1cc(CN2CCO[C@@](COc3ccc(F)cc3)(CC(=O)N3CCN(C)CC3)C2)c(C)s1. The first-order chi connectivity index (χ1) is 15.8. The summed E-state index contributed by atoms with van der Waals surface area (Å²) in [6, 6.07) is 8.24. The highest BCUT2D eigenvalue weighted by molar-refractivity contribution is 7.12. The molecule has 1 atom stereocenters. The second-order valence-corrected chi connectivity index (χ2v) is 10.7. The van der Waals surface area contributed by atoms with Gasteiger partial charge in [-0.1, -0.05) is 0 Å². The fourth-order valence-corrected chi connectivity index (χ4v) is 5.51. The van der Waals surface area contributed by atoms with E-state index in [9.17, 15) is 9.18 Å². The van der Waals surface area contributed by atoms with Gasteiger partial charge in [-0.15, -0.1) is 11.3 Å². The molecule has 1 amide bonds. The van der Waals surface area contributed by atoms with Crippen molar-refractivity contribution in [2.45, 2.75) is 32.4 Å². The molecule has 0 bridgehead atoms. The van der Waals surface area contributed by atoms with Crippen LogP contribution in [0.5, 0.6) is 5.75 Å². The number of hydrogen-bond acceptors (Lipinski definition) is 6. The fourth-order valence-electron chi connectivity index (χ4n) is 4.57. The first kappa shape index (κ1) is 24.1. The third kappa shape index (κ3) is 6.32. The summed E-state index contributed by atoms with van der Waals surface area (Å²) in [6.45, 7) is 10.6. The number of amides is 1. The molecule has 6 nitrogen and oxygen atoms in total. The number of piperazine rings is 1. The Morgan fingerprint density at radius 3 is 2.55 bits per heavy atom. The highest BCUT2D eigenvalue weighted by Gasteiger charge is 2.41. The molecule has 0 radical (unpaired) electrons. The molecule has 0 saturated carbocycles. The van der Waals surface area contributed by atoms with E-state index in [0.717, 1.165) is 39.3 Å². The average molecular weight is 476 g/mol. The van der Waals surface area contributed by atoms with E-state index < -0.39 is 5.60 Å². The Bertz CT molecular complexity index is 943. The van der Waals surface area contributed by atoms with Crippen LogP contribution in [-0.4, -0.2) is 85.7 Å². The molecule has 0 aliphatic carbocycles. The van der Waals surface area contributed by atoms with Crippen LogP contribution in [0.4, 0.5) is 4.39 Å². The van der Waals surface area contributed by atoms with Gasteiger partial charge in [-0.3, -0.25) is 9.69 Å². The predicted molar refractivity (Wildman–Crippen MR) is 128 cm³/mol. The standard InChI is InChI=1S/C25H34FN3O3S/c1-19-14-21(20(2)33-19)16-28-12-13-32-25(17-28,18-31-23-6-4-22(26)5-7-23)15-24(30)29-10-8-27(3)9-11-29/h4-7,14H,8-13,15-18H2,1-3H3/t25-/m0/s1. The number of benzene rings is 1. The molecule has 1 aromatic heterocycles. The summed E-state index contributed by atoms with van der Waals surface area (Å²) in [4.78, 5) is 22.4. The van der Waals surface area contributed by atoms with Crippen LogP contribution >= 0.6 is 11.3 Å². The summed E-state index contributed by atoms with van der Waals surface area (Å²) in [5, 5.41) is 0. The fraction of sp³-hybridized carbons (Fsp3) is 0.560. The number of aryl methyl sites for hydroxylation is 2. The third-order valence-corrected chi connectivity index (χ3v) is 7.52. The molecule has 2 aromatic rings. The molecule has 1 aromatic carbocycles. The monoisotopic (exact) mass is 475 g/mol. The minimum Gasteiger partial charge on any atom is -0.491 e. The number of carbonyl (C=O) groups is 1. The first-order valence-corrected chi connectivity index (χ1v) is 12.4. The molecule has 33 heavy (non-hydrogen) atoms. The van der Waals surface area contributed by atoms with Crippen molar-refractivity contribution in [2.75, 3.05) is 59.5 Å². The van der Waals surface area contributed by atoms with Gasteiger partial charge in [0.15, 0.2) is 0 Å². The molecule has 0 unspecified atom stereocenters. The molecule has 180 valence electrons. The summed E-state index contributed by atoms with van der Waals surface area (Å²) in [7, 11) is 2.08. The van der Waals surface area contributed by atoms with E-state index in [1.165, 1.54) is 27.5 Å². The Morgan fingerprint density at radius 1 is 1.15 bits per heavy atom. The van der Waals surface area contributed by atoms with E-state index in [0.29, 0.717) is 18.9 Å². The molecule has 0 N–H and O–H groups in total. The van der Waals surface area contributed by atoms with Crippen molar-refractivity contribution in [1.29, 1.82) is 0 Å². The maximum absolute atomic E-state index is 13.3. The summed E-state index contributed by atoms with van der Waals surface area (Å²) in [5.41, 5.74) is 0.588. The molecule has 2 fully saturated rings. The largest absolute Gasteiger partial charge is 0.491 e. The summed E-state index contributed by atoms with van der Waals surface area (Å²) in [6.07, 6.45) is 0.274. The van der Waals surface area contributed by atoms with Gasteiger partial charge in [0, 0.05) is 55.6 Å². The minimum absolute atomic E-state index is 0.107. The van der Waals surface area contributed by atoms with Crippen molar-refractivity contribution in [3.05, 3.63) is 51.5 Å². The number of rotatable bonds is 7. The lowest BCUT2D eigenvalue weighted by Crippen LogP contribution is -2.58. The number of thiophene rings is 1. The van der Waals surface area contributed by atoms with Gasteiger partial charge < -0.3 is 19.3 Å². The number of likely N-dealkylation sites (N-methyl/N-ethyl adjacent to an activating group) is 1. The maximum Gasteiger partial charge on any atom is 0.225 e. The van der Waals surface area contributed by atoms with Crippen LogP contribution in [0.25, 0.3) is 0 Å². The summed E-state index contributed by atoms with van der Waals surface area (Å²) >= 11 is 1.82. The van der Waals surface area contributed by atoms with Crippen molar-refractivity contribution in [3.8, 4) is 5.75 Å².